The third-order valence-electron chi connectivity index (χ3n) is 1.57. The monoisotopic (exact) mass is 242 g/mol. The van der Waals surface area contributed by atoms with Crippen molar-refractivity contribution in [2.45, 2.75) is 20.3 Å². The molecule has 0 bridgehead atoms. The van der Waals surface area contributed by atoms with Gasteiger partial charge in [-0.05, 0) is 6.08 Å². The van der Waals surface area contributed by atoms with Gasteiger partial charge in [0.2, 0.25) is 0 Å². The number of rotatable bonds is 10. The van der Waals surface area contributed by atoms with E-state index in [2.05, 4.69) is 13.2 Å². The minimum absolute atomic E-state index is 0.618. The highest BCUT2D eigenvalue weighted by Crippen LogP contribution is 1.97. The predicted molar refractivity (Wildman–Crippen MR) is 73.1 cm³/mol. The van der Waals surface area contributed by atoms with Gasteiger partial charge >= 0.3 is 0 Å². The maximum atomic E-state index is 5.31. The van der Waals surface area contributed by atoms with Crippen molar-refractivity contribution in [3.63, 3.8) is 0 Å². The summed E-state index contributed by atoms with van der Waals surface area (Å²) in [6.07, 6.45) is 6.10. The van der Waals surface area contributed by atoms with Crippen LogP contribution < -0.4 is 0 Å². The highest BCUT2D eigenvalue weighted by atomic mass is 16.5. The zero-order valence-electron chi connectivity index (χ0n) is 11.4. The summed E-state index contributed by atoms with van der Waals surface area (Å²) in [6.45, 7) is 13.8. The topological polar surface area (TPSA) is 27.7 Å². The Morgan fingerprint density at radius 2 is 1.82 bits per heavy atom. The molecule has 0 heterocycles. The molecule has 0 aromatic carbocycles. The normalized spacial score (nSPS) is 9.59. The number of ether oxygens (including phenoxy) is 3. The van der Waals surface area contributed by atoms with Crippen molar-refractivity contribution in [1.82, 2.24) is 0 Å². The zero-order valence-corrected chi connectivity index (χ0v) is 11.4. The molecule has 0 aromatic rings. The van der Waals surface area contributed by atoms with Gasteiger partial charge in [-0.25, -0.2) is 0 Å². The van der Waals surface area contributed by atoms with E-state index in [1.807, 2.05) is 13.8 Å². The predicted octanol–water partition coefficient (Wildman–Crippen LogP) is 3.34. The van der Waals surface area contributed by atoms with Crippen LogP contribution in [-0.4, -0.2) is 33.5 Å². The maximum absolute atomic E-state index is 5.31. The number of hydrogen-bond acceptors (Lipinski definition) is 3. The highest BCUT2D eigenvalue weighted by Gasteiger charge is 1.91. The average Bonchev–Trinajstić information content (AvgIpc) is 2.37. The Kier molecular flexibility index (Phi) is 18.7. The van der Waals surface area contributed by atoms with Crippen molar-refractivity contribution in [2.24, 2.45) is 0 Å². The second kappa shape index (κ2) is 17.3. The molecule has 0 aliphatic rings. The van der Waals surface area contributed by atoms with Gasteiger partial charge in [0.25, 0.3) is 0 Å². The lowest BCUT2D eigenvalue weighted by Gasteiger charge is -2.06. The van der Waals surface area contributed by atoms with Gasteiger partial charge in [0, 0.05) is 20.1 Å². The fraction of sp³-hybridized carbons (Fsp3) is 0.571. The Morgan fingerprint density at radius 3 is 2.41 bits per heavy atom. The van der Waals surface area contributed by atoms with Crippen molar-refractivity contribution >= 4 is 0 Å². The number of methoxy groups -OCH3 is 1. The van der Waals surface area contributed by atoms with Crippen LogP contribution in [0.2, 0.25) is 0 Å². The lowest BCUT2D eigenvalue weighted by atomic mass is 10.4. The summed E-state index contributed by atoms with van der Waals surface area (Å²) in [6, 6.07) is 0. The first kappa shape index (κ1) is 18.3. The molecule has 0 amide bonds. The molecular formula is C14H26O3. The van der Waals surface area contributed by atoms with E-state index in [1.165, 1.54) is 0 Å². The molecule has 17 heavy (non-hydrogen) atoms. The van der Waals surface area contributed by atoms with Crippen molar-refractivity contribution < 1.29 is 14.2 Å². The summed E-state index contributed by atoms with van der Waals surface area (Å²) >= 11 is 0. The molecule has 0 unspecified atom stereocenters. The molecule has 0 N–H and O–H groups in total. The SMILES string of the molecule is C=C/C=C\C(=C)OCCCOCCOC.CC. The number of hydrogen-bond donors (Lipinski definition) is 0. The van der Waals surface area contributed by atoms with Gasteiger partial charge in [-0.15, -0.1) is 0 Å². The molecule has 100 valence electrons. The summed E-state index contributed by atoms with van der Waals surface area (Å²) in [5.41, 5.74) is 0. The van der Waals surface area contributed by atoms with Crippen molar-refractivity contribution in [2.75, 3.05) is 33.5 Å². The van der Waals surface area contributed by atoms with Crippen LogP contribution in [-0.2, 0) is 14.2 Å². The summed E-state index contributed by atoms with van der Waals surface area (Å²) in [5, 5.41) is 0. The van der Waals surface area contributed by atoms with Crippen LogP contribution in [0, 0.1) is 0 Å². The Bertz CT molecular complexity index is 198. The molecule has 3 nitrogen and oxygen atoms in total. The van der Waals surface area contributed by atoms with E-state index in [4.69, 9.17) is 14.2 Å². The Labute approximate surface area is 106 Å². The first-order valence-corrected chi connectivity index (χ1v) is 5.98. The first-order chi connectivity index (χ1) is 8.31. The molecular weight excluding hydrogens is 216 g/mol. The van der Waals surface area contributed by atoms with Gasteiger partial charge in [0.1, 0.15) is 5.76 Å². The molecule has 0 aromatic heterocycles. The molecule has 0 aliphatic heterocycles. The average molecular weight is 242 g/mol. The molecule has 0 fully saturated rings. The summed E-state index contributed by atoms with van der Waals surface area (Å²) < 4.78 is 15.4. The van der Waals surface area contributed by atoms with E-state index in [0.29, 0.717) is 32.2 Å². The summed E-state index contributed by atoms with van der Waals surface area (Å²) in [7, 11) is 1.66. The number of allylic oxidation sites excluding steroid dienone is 3. The van der Waals surface area contributed by atoms with Gasteiger partial charge in [-0.1, -0.05) is 39.2 Å². The van der Waals surface area contributed by atoms with E-state index >= 15 is 0 Å². The van der Waals surface area contributed by atoms with Gasteiger partial charge in [0.15, 0.2) is 0 Å². The van der Waals surface area contributed by atoms with E-state index in [-0.39, 0.29) is 0 Å². The van der Waals surface area contributed by atoms with Gasteiger partial charge < -0.3 is 14.2 Å². The Balaban J connectivity index is 0. The largest absolute Gasteiger partial charge is 0.494 e. The van der Waals surface area contributed by atoms with Crippen molar-refractivity contribution in [3.05, 3.63) is 37.1 Å². The molecule has 3 heteroatoms. The molecule has 0 spiro atoms. The highest BCUT2D eigenvalue weighted by molar-refractivity contribution is 5.12. The summed E-state index contributed by atoms with van der Waals surface area (Å²) in [5.74, 6) is 0.645. The lowest BCUT2D eigenvalue weighted by Crippen LogP contribution is -2.05. The van der Waals surface area contributed by atoms with Crippen LogP contribution in [0.25, 0.3) is 0 Å². The van der Waals surface area contributed by atoms with Gasteiger partial charge in [0.05, 0.1) is 19.8 Å². The summed E-state index contributed by atoms with van der Waals surface area (Å²) in [4.78, 5) is 0. The van der Waals surface area contributed by atoms with E-state index in [9.17, 15) is 0 Å². The maximum Gasteiger partial charge on any atom is 0.112 e. The smallest absolute Gasteiger partial charge is 0.112 e. The second-order valence-electron chi connectivity index (χ2n) is 2.87. The Morgan fingerprint density at radius 1 is 1.12 bits per heavy atom. The quantitative estimate of drug-likeness (QED) is 0.334. The minimum Gasteiger partial charge on any atom is -0.494 e. The molecule has 0 aliphatic carbocycles. The van der Waals surface area contributed by atoms with Crippen LogP contribution in [0.4, 0.5) is 0 Å². The minimum atomic E-state index is 0.618. The van der Waals surface area contributed by atoms with Crippen LogP contribution >= 0.6 is 0 Å². The van der Waals surface area contributed by atoms with Crippen LogP contribution in [0.1, 0.15) is 20.3 Å². The van der Waals surface area contributed by atoms with E-state index in [0.717, 1.165) is 6.42 Å². The standard InChI is InChI=1S/C12H20O3.C2H6/c1-4-5-7-12(2)15-9-6-8-14-11-10-13-3;1-2/h4-5,7H,1-2,6,8-11H2,3H3;1-2H3/b7-5-;. The van der Waals surface area contributed by atoms with Crippen molar-refractivity contribution in [3.8, 4) is 0 Å². The van der Waals surface area contributed by atoms with Gasteiger partial charge in [-0.3, -0.25) is 0 Å². The third kappa shape index (κ3) is 17.5. The molecule has 0 rings (SSSR count). The molecule has 0 atom stereocenters. The van der Waals surface area contributed by atoms with Crippen LogP contribution in [0.15, 0.2) is 37.1 Å². The van der Waals surface area contributed by atoms with Crippen LogP contribution in [0.5, 0.6) is 0 Å². The molecule has 0 saturated heterocycles. The lowest BCUT2D eigenvalue weighted by molar-refractivity contribution is 0.0606. The van der Waals surface area contributed by atoms with Crippen molar-refractivity contribution in [1.29, 1.82) is 0 Å². The van der Waals surface area contributed by atoms with E-state index < -0.39 is 0 Å². The van der Waals surface area contributed by atoms with Crippen LogP contribution in [0.3, 0.4) is 0 Å². The van der Waals surface area contributed by atoms with E-state index in [1.54, 1.807) is 25.3 Å². The fourth-order valence-corrected chi connectivity index (χ4v) is 0.832. The molecule has 0 radical (unpaired) electrons. The molecule has 0 saturated carbocycles. The fourth-order valence-electron chi connectivity index (χ4n) is 0.832. The third-order valence-corrected chi connectivity index (χ3v) is 1.57. The second-order valence-corrected chi connectivity index (χ2v) is 2.87. The zero-order chi connectivity index (χ0) is 13.4. The van der Waals surface area contributed by atoms with Gasteiger partial charge in [-0.2, -0.15) is 0 Å². The first-order valence-electron chi connectivity index (χ1n) is 5.98. The Hall–Kier alpha value is -1.06.